The van der Waals surface area contributed by atoms with E-state index in [2.05, 4.69) is 43.2 Å². The van der Waals surface area contributed by atoms with Gasteiger partial charge >= 0.3 is 0 Å². The highest BCUT2D eigenvalue weighted by Crippen LogP contribution is 2.17. The van der Waals surface area contributed by atoms with E-state index in [1.54, 1.807) is 6.92 Å². The van der Waals surface area contributed by atoms with Crippen molar-refractivity contribution in [3.8, 4) is 0 Å². The molecule has 1 saturated heterocycles. The second-order valence-corrected chi connectivity index (χ2v) is 7.42. The van der Waals surface area contributed by atoms with Gasteiger partial charge in [-0.2, -0.15) is 0 Å². The largest absolute Gasteiger partial charge is 0.356 e. The van der Waals surface area contributed by atoms with E-state index in [1.165, 1.54) is 32.5 Å². The number of likely N-dealkylation sites (tertiary alicyclic amines) is 1. The second-order valence-electron chi connectivity index (χ2n) is 7.42. The van der Waals surface area contributed by atoms with Crippen molar-refractivity contribution < 1.29 is 4.79 Å². The molecule has 20 heavy (non-hydrogen) atoms. The zero-order chi connectivity index (χ0) is 15.2. The summed E-state index contributed by atoms with van der Waals surface area (Å²) in [6, 6.07) is 0. The van der Waals surface area contributed by atoms with Crippen molar-refractivity contribution in [3.63, 3.8) is 0 Å². The molecule has 0 aromatic rings. The van der Waals surface area contributed by atoms with E-state index >= 15 is 0 Å². The Bertz CT molecular complexity index is 291. The zero-order valence-corrected chi connectivity index (χ0v) is 14.0. The highest BCUT2D eigenvalue weighted by Gasteiger charge is 2.21. The van der Waals surface area contributed by atoms with Gasteiger partial charge in [-0.1, -0.05) is 6.92 Å². The van der Waals surface area contributed by atoms with Crippen LogP contribution in [0.15, 0.2) is 0 Å². The first-order valence-corrected chi connectivity index (χ1v) is 7.98. The van der Waals surface area contributed by atoms with E-state index in [0.717, 1.165) is 13.1 Å². The molecule has 4 nitrogen and oxygen atoms in total. The van der Waals surface area contributed by atoms with E-state index in [0.29, 0.717) is 11.8 Å². The van der Waals surface area contributed by atoms with Gasteiger partial charge in [-0.05, 0) is 65.1 Å². The molecule has 1 rings (SSSR count). The van der Waals surface area contributed by atoms with E-state index in [1.807, 2.05) is 0 Å². The Labute approximate surface area is 124 Å². The third-order valence-electron chi connectivity index (χ3n) is 3.90. The highest BCUT2D eigenvalue weighted by molar-refractivity contribution is 5.72. The number of amides is 1. The summed E-state index contributed by atoms with van der Waals surface area (Å²) in [4.78, 5) is 13.5. The fourth-order valence-electron chi connectivity index (χ4n) is 2.65. The van der Waals surface area contributed by atoms with Crippen LogP contribution in [0.1, 0.15) is 47.5 Å². The third kappa shape index (κ3) is 7.85. The summed E-state index contributed by atoms with van der Waals surface area (Å²) < 4.78 is 0. The summed E-state index contributed by atoms with van der Waals surface area (Å²) in [7, 11) is 0. The molecule has 118 valence electrons. The predicted molar refractivity (Wildman–Crippen MR) is 84.8 cm³/mol. The van der Waals surface area contributed by atoms with Crippen LogP contribution in [0.2, 0.25) is 0 Å². The van der Waals surface area contributed by atoms with Gasteiger partial charge in [0, 0.05) is 25.6 Å². The second kappa shape index (κ2) is 7.99. The molecule has 0 aromatic carbocycles. The summed E-state index contributed by atoms with van der Waals surface area (Å²) in [5, 5.41) is 6.52. The molecule has 4 heteroatoms. The molecule has 0 saturated carbocycles. The highest BCUT2D eigenvalue weighted by atomic mass is 16.1. The van der Waals surface area contributed by atoms with Crippen LogP contribution in [0.4, 0.5) is 0 Å². The van der Waals surface area contributed by atoms with Crippen LogP contribution in [0.3, 0.4) is 0 Å². The normalized spacial score (nSPS) is 19.9. The fraction of sp³-hybridized carbons (Fsp3) is 0.938. The van der Waals surface area contributed by atoms with Crippen molar-refractivity contribution in [3.05, 3.63) is 0 Å². The van der Waals surface area contributed by atoms with Crippen LogP contribution in [0, 0.1) is 11.8 Å². The molecule has 0 aromatic heterocycles. The molecule has 1 heterocycles. The Kier molecular flexibility index (Phi) is 6.96. The molecule has 1 aliphatic heterocycles. The van der Waals surface area contributed by atoms with Crippen LogP contribution in [-0.2, 0) is 4.79 Å². The average Bonchev–Trinajstić information content (AvgIpc) is 2.35. The van der Waals surface area contributed by atoms with E-state index < -0.39 is 0 Å². The smallest absolute Gasteiger partial charge is 0.216 e. The van der Waals surface area contributed by atoms with Crippen molar-refractivity contribution >= 4 is 5.91 Å². The number of carbonyl (C=O) groups excluding carboxylic acids is 1. The molecule has 0 spiro atoms. The SMILES string of the molecule is CC(=O)NCC1CCN(CC(C)CNC(C)(C)C)CC1. The molecular formula is C16H33N3O. The lowest BCUT2D eigenvalue weighted by molar-refractivity contribution is -0.119. The number of carbonyl (C=O) groups is 1. The average molecular weight is 283 g/mol. The van der Waals surface area contributed by atoms with E-state index in [9.17, 15) is 4.79 Å². The first-order chi connectivity index (χ1) is 9.26. The van der Waals surface area contributed by atoms with Gasteiger partial charge in [-0.15, -0.1) is 0 Å². The quantitative estimate of drug-likeness (QED) is 0.782. The van der Waals surface area contributed by atoms with Crippen molar-refractivity contribution in [1.82, 2.24) is 15.5 Å². The molecule has 1 atom stereocenters. The van der Waals surface area contributed by atoms with Crippen molar-refractivity contribution in [1.29, 1.82) is 0 Å². The summed E-state index contributed by atoms with van der Waals surface area (Å²) in [5.74, 6) is 1.44. The maximum atomic E-state index is 10.9. The minimum absolute atomic E-state index is 0.0920. The fourth-order valence-corrected chi connectivity index (χ4v) is 2.65. The Morgan fingerprint density at radius 3 is 2.40 bits per heavy atom. The Morgan fingerprint density at radius 1 is 1.30 bits per heavy atom. The Balaban J connectivity index is 2.17. The summed E-state index contributed by atoms with van der Waals surface area (Å²) in [6.07, 6.45) is 2.42. The first kappa shape index (κ1) is 17.4. The number of nitrogens with one attached hydrogen (secondary N) is 2. The molecule has 2 N–H and O–H groups in total. The van der Waals surface area contributed by atoms with Gasteiger partial charge in [0.2, 0.25) is 5.91 Å². The number of hydrogen-bond donors (Lipinski definition) is 2. The summed E-state index contributed by atoms with van der Waals surface area (Å²) in [6.45, 7) is 16.0. The van der Waals surface area contributed by atoms with Gasteiger partial charge in [-0.3, -0.25) is 4.79 Å². The summed E-state index contributed by atoms with van der Waals surface area (Å²) in [5.41, 5.74) is 0.208. The van der Waals surface area contributed by atoms with Gasteiger partial charge in [0.1, 0.15) is 0 Å². The Morgan fingerprint density at radius 2 is 1.90 bits per heavy atom. The maximum Gasteiger partial charge on any atom is 0.216 e. The van der Waals surface area contributed by atoms with Crippen LogP contribution in [0.5, 0.6) is 0 Å². The van der Waals surface area contributed by atoms with Crippen molar-refractivity contribution in [2.45, 2.75) is 53.0 Å². The van der Waals surface area contributed by atoms with Crippen LogP contribution < -0.4 is 10.6 Å². The van der Waals surface area contributed by atoms with Crippen LogP contribution >= 0.6 is 0 Å². The standard InChI is InChI=1S/C16H33N3O/c1-13(10-18-16(3,4)5)12-19-8-6-15(7-9-19)11-17-14(2)20/h13,15,18H,6-12H2,1-5H3,(H,17,20). The van der Waals surface area contributed by atoms with Crippen molar-refractivity contribution in [2.24, 2.45) is 11.8 Å². The Hall–Kier alpha value is -0.610. The van der Waals surface area contributed by atoms with Gasteiger partial charge in [0.15, 0.2) is 0 Å². The monoisotopic (exact) mass is 283 g/mol. The van der Waals surface area contributed by atoms with Crippen LogP contribution in [0.25, 0.3) is 0 Å². The number of rotatable bonds is 6. The molecule has 1 amide bonds. The molecule has 0 aliphatic carbocycles. The maximum absolute atomic E-state index is 10.9. The third-order valence-corrected chi connectivity index (χ3v) is 3.90. The van der Waals surface area contributed by atoms with Gasteiger partial charge in [0.25, 0.3) is 0 Å². The first-order valence-electron chi connectivity index (χ1n) is 7.98. The lowest BCUT2D eigenvalue weighted by atomic mass is 9.96. The van der Waals surface area contributed by atoms with E-state index in [4.69, 9.17) is 0 Å². The van der Waals surface area contributed by atoms with Crippen LogP contribution in [-0.4, -0.2) is 49.1 Å². The van der Waals surface area contributed by atoms with E-state index in [-0.39, 0.29) is 11.4 Å². The summed E-state index contributed by atoms with van der Waals surface area (Å²) >= 11 is 0. The van der Waals surface area contributed by atoms with Gasteiger partial charge in [-0.25, -0.2) is 0 Å². The molecule has 1 fully saturated rings. The number of nitrogens with zero attached hydrogens (tertiary/aromatic N) is 1. The predicted octanol–water partition coefficient (Wildman–Crippen LogP) is 1.86. The van der Waals surface area contributed by atoms with Crippen molar-refractivity contribution in [2.75, 3.05) is 32.7 Å². The van der Waals surface area contributed by atoms with Gasteiger partial charge in [0.05, 0.1) is 0 Å². The minimum Gasteiger partial charge on any atom is -0.356 e. The molecule has 1 unspecified atom stereocenters. The zero-order valence-electron chi connectivity index (χ0n) is 14.0. The minimum atomic E-state index is 0.0920. The molecular weight excluding hydrogens is 250 g/mol. The molecule has 0 radical (unpaired) electrons. The molecule has 1 aliphatic rings. The topological polar surface area (TPSA) is 44.4 Å². The number of hydrogen-bond acceptors (Lipinski definition) is 3. The molecule has 0 bridgehead atoms. The van der Waals surface area contributed by atoms with Gasteiger partial charge < -0.3 is 15.5 Å². The lowest BCUT2D eigenvalue weighted by Gasteiger charge is -2.34. The number of piperidine rings is 1. The lowest BCUT2D eigenvalue weighted by Crippen LogP contribution is -2.44.